The van der Waals surface area contributed by atoms with Gasteiger partial charge in [-0.05, 0) is 30.3 Å². The number of anilines is 1. The molecule has 0 atom stereocenters. The van der Waals surface area contributed by atoms with Crippen LogP contribution in [0.2, 0.25) is 0 Å². The maximum Gasteiger partial charge on any atom is 0.136 e. The summed E-state index contributed by atoms with van der Waals surface area (Å²) in [5, 5.41) is 8.88. The van der Waals surface area contributed by atoms with E-state index in [1.165, 1.54) is 0 Å². The average molecular weight is 268 g/mol. The molecule has 1 heterocycles. The molecule has 0 radical (unpaired) electrons. The Morgan fingerprint density at radius 2 is 2.07 bits per heavy atom. The van der Waals surface area contributed by atoms with Crippen molar-refractivity contribution < 1.29 is 9.52 Å². The van der Waals surface area contributed by atoms with Crippen molar-refractivity contribution in [2.45, 2.75) is 6.61 Å². The average Bonchev–Trinajstić information content (AvgIpc) is 2.66. The van der Waals surface area contributed by atoms with Crippen LogP contribution in [-0.4, -0.2) is 5.11 Å². The number of aliphatic hydroxyl groups is 1. The van der Waals surface area contributed by atoms with Crippen molar-refractivity contribution in [3.8, 4) is 11.3 Å². The molecule has 0 saturated carbocycles. The Balaban J connectivity index is 2.44. The normalized spacial score (nSPS) is 10.5. The summed E-state index contributed by atoms with van der Waals surface area (Å²) in [6, 6.07) is 9.12. The van der Waals surface area contributed by atoms with Gasteiger partial charge in [0.2, 0.25) is 0 Å². The van der Waals surface area contributed by atoms with Crippen molar-refractivity contribution in [1.29, 1.82) is 0 Å². The Morgan fingerprint density at radius 1 is 1.27 bits per heavy atom. The standard InChI is InChI=1S/C11H10BrNO2/c12-7-1-3-9(10(13)5-7)11-4-2-8(6-14)15-11/h1-5,14H,6,13H2. The smallest absolute Gasteiger partial charge is 0.136 e. The molecular weight excluding hydrogens is 258 g/mol. The first-order valence-electron chi connectivity index (χ1n) is 4.45. The van der Waals surface area contributed by atoms with Gasteiger partial charge < -0.3 is 15.3 Å². The van der Waals surface area contributed by atoms with Gasteiger partial charge in [-0.1, -0.05) is 15.9 Å². The number of benzene rings is 1. The SMILES string of the molecule is Nc1cc(Br)ccc1-c1ccc(CO)o1. The summed E-state index contributed by atoms with van der Waals surface area (Å²) < 4.78 is 6.32. The molecule has 4 heteroatoms. The number of rotatable bonds is 2. The number of halogens is 1. The van der Waals surface area contributed by atoms with Gasteiger partial charge in [0.05, 0.1) is 0 Å². The topological polar surface area (TPSA) is 59.4 Å². The van der Waals surface area contributed by atoms with Gasteiger partial charge in [0.25, 0.3) is 0 Å². The van der Waals surface area contributed by atoms with Gasteiger partial charge in [0, 0.05) is 15.7 Å². The molecule has 0 aliphatic heterocycles. The van der Waals surface area contributed by atoms with Gasteiger partial charge in [0.15, 0.2) is 0 Å². The first-order valence-corrected chi connectivity index (χ1v) is 5.25. The highest BCUT2D eigenvalue weighted by Crippen LogP contribution is 2.29. The molecule has 0 amide bonds. The van der Waals surface area contributed by atoms with Gasteiger partial charge >= 0.3 is 0 Å². The maximum atomic E-state index is 8.88. The molecule has 0 spiro atoms. The van der Waals surface area contributed by atoms with Crippen LogP contribution < -0.4 is 5.73 Å². The largest absolute Gasteiger partial charge is 0.459 e. The summed E-state index contributed by atoms with van der Waals surface area (Å²) in [6.07, 6.45) is 0. The third-order valence-corrected chi connectivity index (χ3v) is 2.59. The molecule has 0 aliphatic rings. The summed E-state index contributed by atoms with van der Waals surface area (Å²) in [7, 11) is 0. The van der Waals surface area contributed by atoms with Crippen molar-refractivity contribution in [2.24, 2.45) is 0 Å². The number of nitrogens with two attached hydrogens (primary N) is 1. The second-order valence-electron chi connectivity index (χ2n) is 3.16. The Hall–Kier alpha value is -1.26. The summed E-state index contributed by atoms with van der Waals surface area (Å²) in [6.45, 7) is -0.101. The van der Waals surface area contributed by atoms with Crippen LogP contribution in [-0.2, 0) is 6.61 Å². The zero-order valence-electron chi connectivity index (χ0n) is 7.90. The minimum absolute atomic E-state index is 0.101. The molecule has 1 aromatic carbocycles. The molecule has 0 aliphatic carbocycles. The summed E-state index contributed by atoms with van der Waals surface area (Å²) in [5.74, 6) is 1.20. The lowest BCUT2D eigenvalue weighted by atomic mass is 10.1. The molecule has 2 aromatic rings. The molecular formula is C11H10BrNO2. The van der Waals surface area contributed by atoms with Gasteiger partial charge in [-0.2, -0.15) is 0 Å². The van der Waals surface area contributed by atoms with Crippen LogP contribution in [0, 0.1) is 0 Å². The zero-order valence-corrected chi connectivity index (χ0v) is 9.49. The van der Waals surface area contributed by atoms with Crippen LogP contribution in [0.1, 0.15) is 5.76 Å². The third kappa shape index (κ3) is 2.06. The predicted octanol–water partition coefficient (Wildman–Crippen LogP) is 2.78. The number of furan rings is 1. The lowest BCUT2D eigenvalue weighted by molar-refractivity contribution is 0.248. The van der Waals surface area contributed by atoms with Crippen molar-refractivity contribution in [2.75, 3.05) is 5.73 Å². The quantitative estimate of drug-likeness (QED) is 0.823. The highest BCUT2D eigenvalue weighted by Gasteiger charge is 2.07. The molecule has 15 heavy (non-hydrogen) atoms. The highest BCUT2D eigenvalue weighted by atomic mass is 79.9. The van der Waals surface area contributed by atoms with Crippen LogP contribution in [0.25, 0.3) is 11.3 Å². The molecule has 0 unspecified atom stereocenters. The molecule has 3 N–H and O–H groups in total. The van der Waals surface area contributed by atoms with Crippen molar-refractivity contribution in [1.82, 2.24) is 0 Å². The second kappa shape index (κ2) is 4.08. The molecule has 0 fully saturated rings. The molecule has 2 rings (SSSR count). The number of hydrogen-bond acceptors (Lipinski definition) is 3. The van der Waals surface area contributed by atoms with Gasteiger partial charge in [-0.15, -0.1) is 0 Å². The Morgan fingerprint density at radius 3 is 2.67 bits per heavy atom. The van der Waals surface area contributed by atoms with Crippen molar-refractivity contribution in [3.05, 3.63) is 40.6 Å². The van der Waals surface area contributed by atoms with E-state index in [2.05, 4.69) is 15.9 Å². The number of hydrogen-bond donors (Lipinski definition) is 2. The fourth-order valence-corrected chi connectivity index (χ4v) is 1.74. The lowest BCUT2D eigenvalue weighted by Gasteiger charge is -2.02. The van der Waals surface area contributed by atoms with E-state index in [1.807, 2.05) is 18.2 Å². The van der Waals surface area contributed by atoms with E-state index >= 15 is 0 Å². The lowest BCUT2D eigenvalue weighted by Crippen LogP contribution is -1.88. The minimum atomic E-state index is -0.101. The second-order valence-corrected chi connectivity index (χ2v) is 4.07. The maximum absolute atomic E-state index is 8.88. The first-order chi connectivity index (χ1) is 7.20. The number of nitrogen functional groups attached to an aromatic ring is 1. The van der Waals surface area contributed by atoms with Crippen molar-refractivity contribution >= 4 is 21.6 Å². The molecule has 0 bridgehead atoms. The Kier molecular flexibility index (Phi) is 2.79. The molecule has 3 nitrogen and oxygen atoms in total. The van der Waals surface area contributed by atoms with Crippen LogP contribution >= 0.6 is 15.9 Å². The Bertz CT molecular complexity index is 479. The highest BCUT2D eigenvalue weighted by molar-refractivity contribution is 9.10. The summed E-state index contributed by atoms with van der Waals surface area (Å²) in [5.41, 5.74) is 7.32. The fraction of sp³-hybridized carbons (Fsp3) is 0.0909. The fourth-order valence-electron chi connectivity index (χ4n) is 1.37. The van der Waals surface area contributed by atoms with E-state index in [4.69, 9.17) is 15.3 Å². The first kappa shape index (κ1) is 10.3. The van der Waals surface area contributed by atoms with E-state index in [9.17, 15) is 0 Å². The summed E-state index contributed by atoms with van der Waals surface area (Å²) >= 11 is 3.34. The van der Waals surface area contributed by atoms with Gasteiger partial charge in [0.1, 0.15) is 18.1 Å². The van der Waals surface area contributed by atoms with Gasteiger partial charge in [-0.25, -0.2) is 0 Å². The van der Waals surface area contributed by atoms with Gasteiger partial charge in [-0.3, -0.25) is 0 Å². The van der Waals surface area contributed by atoms with E-state index in [0.717, 1.165) is 10.0 Å². The third-order valence-electron chi connectivity index (χ3n) is 2.10. The van der Waals surface area contributed by atoms with E-state index in [-0.39, 0.29) is 6.61 Å². The molecule has 1 aromatic heterocycles. The van der Waals surface area contributed by atoms with E-state index in [1.54, 1.807) is 12.1 Å². The van der Waals surface area contributed by atoms with E-state index in [0.29, 0.717) is 17.2 Å². The van der Waals surface area contributed by atoms with Crippen LogP contribution in [0.4, 0.5) is 5.69 Å². The Labute approximate surface area is 95.6 Å². The van der Waals surface area contributed by atoms with Crippen LogP contribution in [0.5, 0.6) is 0 Å². The van der Waals surface area contributed by atoms with Crippen molar-refractivity contribution in [3.63, 3.8) is 0 Å². The zero-order chi connectivity index (χ0) is 10.8. The van der Waals surface area contributed by atoms with Crippen LogP contribution in [0.15, 0.2) is 39.2 Å². The minimum Gasteiger partial charge on any atom is -0.459 e. The predicted molar refractivity (Wildman–Crippen MR) is 62.2 cm³/mol. The van der Waals surface area contributed by atoms with E-state index < -0.39 is 0 Å². The molecule has 0 saturated heterocycles. The summed E-state index contributed by atoms with van der Waals surface area (Å²) in [4.78, 5) is 0. The number of aliphatic hydroxyl groups excluding tert-OH is 1. The molecule has 78 valence electrons. The van der Waals surface area contributed by atoms with Crippen LogP contribution in [0.3, 0.4) is 0 Å². The monoisotopic (exact) mass is 267 g/mol.